The topological polar surface area (TPSA) is 12.5 Å². The van der Waals surface area contributed by atoms with E-state index in [1.165, 1.54) is 18.5 Å². The van der Waals surface area contributed by atoms with Gasteiger partial charge in [-0.05, 0) is 37.1 Å². The van der Waals surface area contributed by atoms with Gasteiger partial charge in [-0.2, -0.15) is 0 Å². The Labute approximate surface area is 108 Å². The number of para-hydroxylation sites is 1. The lowest BCUT2D eigenvalue weighted by Crippen LogP contribution is -2.17. The van der Waals surface area contributed by atoms with Crippen LogP contribution in [0.3, 0.4) is 0 Å². The van der Waals surface area contributed by atoms with Gasteiger partial charge < -0.3 is 9.64 Å². The van der Waals surface area contributed by atoms with E-state index in [1.807, 2.05) is 36.4 Å². The molecule has 1 saturated heterocycles. The molecule has 3 rings (SSSR count). The van der Waals surface area contributed by atoms with E-state index in [9.17, 15) is 0 Å². The van der Waals surface area contributed by atoms with Gasteiger partial charge in [-0.1, -0.05) is 24.3 Å². The quantitative estimate of drug-likeness (QED) is 0.800. The van der Waals surface area contributed by atoms with Gasteiger partial charge >= 0.3 is 0 Å². The van der Waals surface area contributed by atoms with Crippen molar-refractivity contribution in [2.24, 2.45) is 0 Å². The molecule has 2 aromatic carbocycles. The average molecular weight is 239 g/mol. The Hall–Kier alpha value is -1.96. The number of hydrogen-bond donors (Lipinski definition) is 0. The molecule has 1 aliphatic heterocycles. The molecule has 1 heterocycles. The van der Waals surface area contributed by atoms with Gasteiger partial charge in [-0.15, -0.1) is 0 Å². The van der Waals surface area contributed by atoms with Crippen LogP contribution in [0.1, 0.15) is 12.8 Å². The Balaban J connectivity index is 1.78. The van der Waals surface area contributed by atoms with Crippen LogP contribution in [0, 0.1) is 0 Å². The number of ether oxygens (including phenoxy) is 1. The highest BCUT2D eigenvalue weighted by Crippen LogP contribution is 2.27. The van der Waals surface area contributed by atoms with Gasteiger partial charge in [-0.3, -0.25) is 0 Å². The van der Waals surface area contributed by atoms with Crippen LogP contribution < -0.4 is 9.64 Å². The molecule has 0 bridgehead atoms. The average Bonchev–Trinajstić information content (AvgIpc) is 2.94. The second-order valence-corrected chi connectivity index (χ2v) is 4.61. The van der Waals surface area contributed by atoms with Gasteiger partial charge in [0, 0.05) is 24.8 Å². The van der Waals surface area contributed by atoms with Crippen LogP contribution in [-0.2, 0) is 0 Å². The summed E-state index contributed by atoms with van der Waals surface area (Å²) in [6.45, 7) is 2.32. The van der Waals surface area contributed by atoms with Crippen LogP contribution in [0.25, 0.3) is 0 Å². The van der Waals surface area contributed by atoms with E-state index in [0.29, 0.717) is 0 Å². The maximum atomic E-state index is 5.85. The molecule has 0 spiro atoms. The van der Waals surface area contributed by atoms with Gasteiger partial charge in [0.2, 0.25) is 0 Å². The van der Waals surface area contributed by atoms with E-state index in [4.69, 9.17) is 4.74 Å². The molecule has 2 nitrogen and oxygen atoms in total. The molecule has 0 amide bonds. The third-order valence-corrected chi connectivity index (χ3v) is 3.27. The Morgan fingerprint density at radius 3 is 2.28 bits per heavy atom. The molecule has 1 fully saturated rings. The molecule has 0 N–H and O–H groups in total. The standard InChI is InChI=1S/C16H17NO/c1-2-8-15(9-3-1)18-16-10-6-7-14(13-16)17-11-4-5-12-17/h1-3,6-10,13H,4-5,11-12H2. The Morgan fingerprint density at radius 2 is 1.50 bits per heavy atom. The number of rotatable bonds is 3. The zero-order valence-electron chi connectivity index (χ0n) is 10.4. The fourth-order valence-corrected chi connectivity index (χ4v) is 2.34. The molecule has 0 aliphatic carbocycles. The van der Waals surface area contributed by atoms with E-state index < -0.39 is 0 Å². The zero-order chi connectivity index (χ0) is 12.2. The molecule has 0 aromatic heterocycles. The highest BCUT2D eigenvalue weighted by Gasteiger charge is 2.12. The molecule has 0 saturated carbocycles. The van der Waals surface area contributed by atoms with Crippen LogP contribution in [-0.4, -0.2) is 13.1 Å². The minimum Gasteiger partial charge on any atom is -0.457 e. The van der Waals surface area contributed by atoms with Crippen molar-refractivity contribution in [3.05, 3.63) is 54.6 Å². The van der Waals surface area contributed by atoms with E-state index in [1.54, 1.807) is 0 Å². The van der Waals surface area contributed by atoms with Crippen molar-refractivity contribution in [2.45, 2.75) is 12.8 Å². The maximum absolute atomic E-state index is 5.85. The first-order chi connectivity index (χ1) is 8.92. The maximum Gasteiger partial charge on any atom is 0.129 e. The van der Waals surface area contributed by atoms with Crippen molar-refractivity contribution in [3.8, 4) is 11.5 Å². The number of nitrogens with zero attached hydrogens (tertiary/aromatic N) is 1. The first-order valence-corrected chi connectivity index (χ1v) is 6.50. The Bertz CT molecular complexity index is 504. The van der Waals surface area contributed by atoms with Crippen LogP contribution >= 0.6 is 0 Å². The van der Waals surface area contributed by atoms with Crippen molar-refractivity contribution in [3.63, 3.8) is 0 Å². The van der Waals surface area contributed by atoms with Gasteiger partial charge in [0.05, 0.1) is 0 Å². The van der Waals surface area contributed by atoms with Crippen molar-refractivity contribution in [2.75, 3.05) is 18.0 Å². The number of benzene rings is 2. The second kappa shape index (κ2) is 5.13. The summed E-state index contributed by atoms with van der Waals surface area (Å²) in [6, 6.07) is 18.3. The van der Waals surface area contributed by atoms with Crippen molar-refractivity contribution < 1.29 is 4.74 Å². The third kappa shape index (κ3) is 2.48. The summed E-state index contributed by atoms with van der Waals surface area (Å²) >= 11 is 0. The van der Waals surface area contributed by atoms with Crippen molar-refractivity contribution in [1.29, 1.82) is 0 Å². The summed E-state index contributed by atoms with van der Waals surface area (Å²) in [5.41, 5.74) is 1.26. The highest BCUT2D eigenvalue weighted by molar-refractivity contribution is 5.52. The Kier molecular flexibility index (Phi) is 3.18. The number of anilines is 1. The van der Waals surface area contributed by atoms with E-state index >= 15 is 0 Å². The van der Waals surface area contributed by atoms with E-state index in [2.05, 4.69) is 23.1 Å². The van der Waals surface area contributed by atoms with Crippen LogP contribution in [0.2, 0.25) is 0 Å². The van der Waals surface area contributed by atoms with Gasteiger partial charge in [0.25, 0.3) is 0 Å². The van der Waals surface area contributed by atoms with Crippen LogP contribution in [0.4, 0.5) is 5.69 Å². The Morgan fingerprint density at radius 1 is 0.778 bits per heavy atom. The highest BCUT2D eigenvalue weighted by atomic mass is 16.5. The smallest absolute Gasteiger partial charge is 0.129 e. The van der Waals surface area contributed by atoms with E-state index in [-0.39, 0.29) is 0 Å². The van der Waals surface area contributed by atoms with Gasteiger partial charge in [-0.25, -0.2) is 0 Å². The first kappa shape index (κ1) is 11.1. The monoisotopic (exact) mass is 239 g/mol. The summed E-state index contributed by atoms with van der Waals surface area (Å²) < 4.78 is 5.85. The van der Waals surface area contributed by atoms with Gasteiger partial charge in [0.1, 0.15) is 11.5 Å². The third-order valence-electron chi connectivity index (χ3n) is 3.27. The van der Waals surface area contributed by atoms with E-state index in [0.717, 1.165) is 24.6 Å². The van der Waals surface area contributed by atoms with Gasteiger partial charge in [0.15, 0.2) is 0 Å². The lowest BCUT2D eigenvalue weighted by Gasteiger charge is -2.18. The second-order valence-electron chi connectivity index (χ2n) is 4.61. The lowest BCUT2D eigenvalue weighted by atomic mass is 10.2. The molecular formula is C16H17NO. The molecule has 0 atom stereocenters. The normalized spacial score (nSPS) is 14.8. The largest absolute Gasteiger partial charge is 0.457 e. The summed E-state index contributed by atoms with van der Waals surface area (Å²) in [5.74, 6) is 1.79. The van der Waals surface area contributed by atoms with Crippen LogP contribution in [0.5, 0.6) is 11.5 Å². The van der Waals surface area contributed by atoms with Crippen LogP contribution in [0.15, 0.2) is 54.6 Å². The molecule has 1 aliphatic rings. The SMILES string of the molecule is c1ccc(Oc2cccc(N3CCCC3)c2)cc1. The molecular weight excluding hydrogens is 222 g/mol. The lowest BCUT2D eigenvalue weighted by molar-refractivity contribution is 0.482. The first-order valence-electron chi connectivity index (χ1n) is 6.50. The summed E-state index contributed by atoms with van der Waals surface area (Å²) in [5, 5.41) is 0. The molecule has 0 radical (unpaired) electrons. The molecule has 2 aromatic rings. The minimum atomic E-state index is 0.885. The summed E-state index contributed by atoms with van der Waals surface area (Å²) in [7, 11) is 0. The fraction of sp³-hybridized carbons (Fsp3) is 0.250. The van der Waals surface area contributed by atoms with Crippen molar-refractivity contribution >= 4 is 5.69 Å². The molecule has 92 valence electrons. The number of hydrogen-bond acceptors (Lipinski definition) is 2. The summed E-state index contributed by atoms with van der Waals surface area (Å²) in [4.78, 5) is 2.41. The molecule has 0 unspecified atom stereocenters. The zero-order valence-corrected chi connectivity index (χ0v) is 10.4. The molecule has 2 heteroatoms. The summed E-state index contributed by atoms with van der Waals surface area (Å²) in [6.07, 6.45) is 2.59. The predicted octanol–water partition coefficient (Wildman–Crippen LogP) is 4.08. The fourth-order valence-electron chi connectivity index (χ4n) is 2.34. The van der Waals surface area contributed by atoms with Crippen molar-refractivity contribution in [1.82, 2.24) is 0 Å². The molecule has 18 heavy (non-hydrogen) atoms. The minimum absolute atomic E-state index is 0.885. The predicted molar refractivity (Wildman–Crippen MR) is 74.4 cm³/mol.